The molecule has 2 N–H and O–H groups in total. The molecule has 25 heavy (non-hydrogen) atoms. The molecule has 1 aromatic heterocycles. The van der Waals surface area contributed by atoms with E-state index in [2.05, 4.69) is 20.6 Å². The summed E-state index contributed by atoms with van der Waals surface area (Å²) in [5.74, 6) is 1.71. The first-order chi connectivity index (χ1) is 12.0. The zero-order chi connectivity index (χ0) is 17.8. The van der Waals surface area contributed by atoms with Gasteiger partial charge in [-0.2, -0.15) is 4.98 Å². The van der Waals surface area contributed by atoms with Crippen LogP contribution < -0.4 is 15.4 Å². The zero-order valence-electron chi connectivity index (χ0n) is 13.7. The van der Waals surface area contributed by atoms with E-state index in [0.717, 1.165) is 16.9 Å². The fraction of sp³-hybridized carbons (Fsp3) is 0.111. The van der Waals surface area contributed by atoms with Crippen LogP contribution in [0.3, 0.4) is 0 Å². The van der Waals surface area contributed by atoms with E-state index >= 15 is 0 Å². The first-order valence-electron chi connectivity index (χ1n) is 7.52. The predicted octanol–water partition coefficient (Wildman–Crippen LogP) is 5.59. The molecule has 128 valence electrons. The van der Waals surface area contributed by atoms with Crippen LogP contribution in [-0.2, 0) is 0 Å². The van der Waals surface area contributed by atoms with Gasteiger partial charge in [0.2, 0.25) is 5.95 Å². The number of nitrogens with zero attached hydrogens (tertiary/aromatic N) is 2. The summed E-state index contributed by atoms with van der Waals surface area (Å²) in [6.07, 6.45) is 1.67. The molecule has 0 fully saturated rings. The first kappa shape index (κ1) is 17.3. The molecule has 1 heterocycles. The van der Waals surface area contributed by atoms with Crippen molar-refractivity contribution in [2.24, 2.45) is 0 Å². The van der Waals surface area contributed by atoms with Crippen molar-refractivity contribution in [1.82, 2.24) is 9.97 Å². The molecule has 0 amide bonds. The minimum absolute atomic E-state index is 0.449. The number of hydrogen-bond acceptors (Lipinski definition) is 5. The van der Waals surface area contributed by atoms with Crippen molar-refractivity contribution in [3.63, 3.8) is 0 Å². The maximum Gasteiger partial charge on any atom is 0.229 e. The molecule has 0 bridgehead atoms. The molecule has 0 saturated heterocycles. The van der Waals surface area contributed by atoms with Gasteiger partial charge >= 0.3 is 0 Å². The van der Waals surface area contributed by atoms with Gasteiger partial charge in [0, 0.05) is 22.6 Å². The van der Waals surface area contributed by atoms with Gasteiger partial charge in [0.1, 0.15) is 11.6 Å². The average Bonchev–Trinajstić information content (AvgIpc) is 2.59. The van der Waals surface area contributed by atoms with Crippen molar-refractivity contribution < 1.29 is 4.74 Å². The summed E-state index contributed by atoms with van der Waals surface area (Å²) in [6, 6.07) is 12.9. The van der Waals surface area contributed by atoms with Crippen LogP contribution in [0.25, 0.3) is 0 Å². The third-order valence-electron chi connectivity index (χ3n) is 3.51. The number of aryl methyl sites for hydroxylation is 1. The standard InChI is InChI=1S/C18H16Cl2N4O/c1-11-3-4-12(9-14(11)19)22-17-7-8-21-18(24-17)23-13-5-6-16(25-2)15(20)10-13/h3-10H,1-2H3,(H2,21,22,23,24). The van der Waals surface area contributed by atoms with Crippen LogP contribution in [0.5, 0.6) is 5.75 Å². The lowest BCUT2D eigenvalue weighted by molar-refractivity contribution is 0.415. The summed E-state index contributed by atoms with van der Waals surface area (Å²) in [4.78, 5) is 8.65. The molecule has 0 aliphatic carbocycles. The van der Waals surface area contributed by atoms with Crippen LogP contribution in [0.1, 0.15) is 5.56 Å². The SMILES string of the molecule is COc1ccc(Nc2nccc(Nc3ccc(C)c(Cl)c3)n2)cc1Cl. The van der Waals surface area contributed by atoms with Gasteiger partial charge in [-0.25, -0.2) is 4.98 Å². The Kier molecular flexibility index (Phi) is 5.26. The summed E-state index contributed by atoms with van der Waals surface area (Å²) in [5, 5.41) is 7.53. The van der Waals surface area contributed by atoms with E-state index in [0.29, 0.717) is 27.6 Å². The number of benzene rings is 2. The van der Waals surface area contributed by atoms with Gasteiger partial charge < -0.3 is 15.4 Å². The number of rotatable bonds is 5. The van der Waals surface area contributed by atoms with Crippen molar-refractivity contribution in [2.75, 3.05) is 17.7 Å². The smallest absolute Gasteiger partial charge is 0.229 e. The summed E-state index contributed by atoms with van der Waals surface area (Å²) in [7, 11) is 1.57. The Balaban J connectivity index is 1.77. The molecule has 0 unspecified atom stereocenters. The number of nitrogens with one attached hydrogen (secondary N) is 2. The lowest BCUT2D eigenvalue weighted by Gasteiger charge is -2.10. The molecule has 0 saturated carbocycles. The monoisotopic (exact) mass is 374 g/mol. The van der Waals surface area contributed by atoms with E-state index in [4.69, 9.17) is 27.9 Å². The molecule has 0 aliphatic rings. The number of anilines is 4. The molecule has 0 spiro atoms. The van der Waals surface area contributed by atoms with Gasteiger partial charge in [-0.05, 0) is 48.9 Å². The second kappa shape index (κ2) is 7.59. The highest BCUT2D eigenvalue weighted by molar-refractivity contribution is 6.32. The van der Waals surface area contributed by atoms with Gasteiger partial charge in [0.15, 0.2) is 0 Å². The predicted molar refractivity (Wildman–Crippen MR) is 103 cm³/mol. The molecular formula is C18H16Cl2N4O. The van der Waals surface area contributed by atoms with E-state index in [-0.39, 0.29) is 0 Å². The van der Waals surface area contributed by atoms with E-state index in [1.165, 1.54) is 0 Å². The van der Waals surface area contributed by atoms with E-state index in [9.17, 15) is 0 Å². The summed E-state index contributed by atoms with van der Waals surface area (Å²) in [6.45, 7) is 1.96. The summed E-state index contributed by atoms with van der Waals surface area (Å²) >= 11 is 12.3. The maximum absolute atomic E-state index is 6.15. The quantitative estimate of drug-likeness (QED) is 0.609. The van der Waals surface area contributed by atoms with E-state index in [1.54, 1.807) is 31.5 Å². The molecule has 2 aromatic carbocycles. The molecule has 0 aliphatic heterocycles. The van der Waals surface area contributed by atoms with Gasteiger partial charge in [-0.3, -0.25) is 0 Å². The largest absolute Gasteiger partial charge is 0.495 e. The molecule has 0 atom stereocenters. The number of halogens is 2. The van der Waals surface area contributed by atoms with Crippen molar-refractivity contribution >= 4 is 46.3 Å². The molecule has 3 aromatic rings. The maximum atomic E-state index is 6.15. The molecule has 0 radical (unpaired) electrons. The third kappa shape index (κ3) is 4.32. The van der Waals surface area contributed by atoms with Crippen molar-refractivity contribution in [1.29, 1.82) is 0 Å². The molecule has 7 heteroatoms. The fourth-order valence-electron chi connectivity index (χ4n) is 2.18. The average molecular weight is 375 g/mol. The lowest BCUT2D eigenvalue weighted by Crippen LogP contribution is -2.00. The van der Waals surface area contributed by atoms with Crippen LogP contribution in [0.15, 0.2) is 48.7 Å². The Morgan fingerprint density at radius 2 is 1.64 bits per heavy atom. The number of ether oxygens (including phenoxy) is 1. The normalized spacial score (nSPS) is 10.4. The minimum Gasteiger partial charge on any atom is -0.495 e. The second-order valence-corrected chi connectivity index (χ2v) is 6.14. The summed E-state index contributed by atoms with van der Waals surface area (Å²) in [5.41, 5.74) is 2.64. The Morgan fingerprint density at radius 3 is 2.36 bits per heavy atom. The van der Waals surface area contributed by atoms with Crippen molar-refractivity contribution in [3.05, 3.63) is 64.3 Å². The van der Waals surface area contributed by atoms with Gasteiger partial charge in [0.05, 0.1) is 12.1 Å². The van der Waals surface area contributed by atoms with Crippen molar-refractivity contribution in [2.45, 2.75) is 6.92 Å². The highest BCUT2D eigenvalue weighted by Crippen LogP contribution is 2.28. The van der Waals surface area contributed by atoms with Gasteiger partial charge in [0.25, 0.3) is 0 Å². The minimum atomic E-state index is 0.449. The number of hydrogen-bond donors (Lipinski definition) is 2. The first-order valence-corrected chi connectivity index (χ1v) is 8.27. The zero-order valence-corrected chi connectivity index (χ0v) is 15.2. The highest BCUT2D eigenvalue weighted by Gasteiger charge is 2.05. The van der Waals surface area contributed by atoms with E-state index in [1.807, 2.05) is 31.2 Å². The van der Waals surface area contributed by atoms with Crippen LogP contribution in [0, 0.1) is 6.92 Å². The van der Waals surface area contributed by atoms with Crippen LogP contribution in [0.4, 0.5) is 23.1 Å². The van der Waals surface area contributed by atoms with E-state index < -0.39 is 0 Å². The second-order valence-electron chi connectivity index (χ2n) is 5.33. The van der Waals surface area contributed by atoms with Gasteiger partial charge in [-0.15, -0.1) is 0 Å². The Hall–Kier alpha value is -2.50. The van der Waals surface area contributed by atoms with Crippen LogP contribution >= 0.6 is 23.2 Å². The van der Waals surface area contributed by atoms with Crippen LogP contribution in [-0.4, -0.2) is 17.1 Å². The Morgan fingerprint density at radius 1 is 0.920 bits per heavy atom. The summed E-state index contributed by atoms with van der Waals surface area (Å²) < 4.78 is 5.14. The number of aromatic nitrogens is 2. The Labute approximate surface area is 156 Å². The van der Waals surface area contributed by atoms with Gasteiger partial charge in [-0.1, -0.05) is 29.3 Å². The fourth-order valence-corrected chi connectivity index (χ4v) is 2.62. The Bertz CT molecular complexity index is 902. The molecule has 3 rings (SSSR count). The highest BCUT2D eigenvalue weighted by atomic mass is 35.5. The number of methoxy groups -OCH3 is 1. The topological polar surface area (TPSA) is 59.1 Å². The third-order valence-corrected chi connectivity index (χ3v) is 4.21. The lowest BCUT2D eigenvalue weighted by atomic mass is 10.2. The van der Waals surface area contributed by atoms with Crippen molar-refractivity contribution in [3.8, 4) is 5.75 Å². The molecular weight excluding hydrogens is 359 g/mol. The molecule has 5 nitrogen and oxygen atoms in total. The van der Waals surface area contributed by atoms with Crippen LogP contribution in [0.2, 0.25) is 10.0 Å².